The highest BCUT2D eigenvalue weighted by Crippen LogP contribution is 2.25. The molecule has 0 aliphatic heterocycles. The van der Waals surface area contributed by atoms with E-state index in [1.807, 2.05) is 43.3 Å². The molecule has 0 fully saturated rings. The summed E-state index contributed by atoms with van der Waals surface area (Å²) in [5, 5.41) is 3.29. The Morgan fingerprint density at radius 1 is 1.05 bits per heavy atom. The molecule has 22 heavy (non-hydrogen) atoms. The fourth-order valence-electron chi connectivity index (χ4n) is 2.58. The molecule has 1 aliphatic carbocycles. The third kappa shape index (κ3) is 2.70. The number of hydrogen-bond acceptors (Lipinski definition) is 3. The summed E-state index contributed by atoms with van der Waals surface area (Å²) >= 11 is 0. The minimum absolute atomic E-state index is 0.0359. The summed E-state index contributed by atoms with van der Waals surface area (Å²) in [6.07, 6.45) is 3.38. The zero-order valence-corrected chi connectivity index (χ0v) is 12.8. The Morgan fingerprint density at radius 3 is 2.55 bits per heavy atom. The Kier molecular flexibility index (Phi) is 3.88. The fourth-order valence-corrected chi connectivity index (χ4v) is 2.58. The van der Waals surface area contributed by atoms with E-state index in [0.29, 0.717) is 5.56 Å². The Balaban J connectivity index is 2.02. The van der Waals surface area contributed by atoms with Gasteiger partial charge in [-0.1, -0.05) is 24.3 Å². The van der Waals surface area contributed by atoms with Gasteiger partial charge in [0.15, 0.2) is 5.78 Å². The zero-order valence-electron chi connectivity index (χ0n) is 12.8. The van der Waals surface area contributed by atoms with Crippen molar-refractivity contribution in [3.8, 4) is 0 Å². The van der Waals surface area contributed by atoms with Crippen LogP contribution in [0, 0.1) is 6.92 Å². The average molecular weight is 290 g/mol. The lowest BCUT2D eigenvalue weighted by Gasteiger charge is -2.13. The van der Waals surface area contributed by atoms with Crippen molar-refractivity contribution in [2.45, 2.75) is 13.8 Å². The third-order valence-corrected chi connectivity index (χ3v) is 3.68. The number of nitrogens with one attached hydrogen (secondary N) is 1. The second-order valence-corrected chi connectivity index (χ2v) is 5.27. The first-order valence-electron chi connectivity index (χ1n) is 7.44. The van der Waals surface area contributed by atoms with Crippen molar-refractivity contribution in [3.05, 3.63) is 71.3 Å². The Hall–Kier alpha value is -2.68. The lowest BCUT2D eigenvalue weighted by Crippen LogP contribution is -2.11. The van der Waals surface area contributed by atoms with Crippen molar-refractivity contribution in [2.24, 2.45) is 4.99 Å². The summed E-state index contributed by atoms with van der Waals surface area (Å²) in [6, 6.07) is 13.7. The van der Waals surface area contributed by atoms with Crippen molar-refractivity contribution >= 4 is 22.9 Å². The average Bonchev–Trinajstić information content (AvgIpc) is 2.53. The van der Waals surface area contributed by atoms with E-state index in [0.717, 1.165) is 34.8 Å². The SMILES string of the molecule is CCNc1ccc(N=C2C=CC(=O)c3ccccc32)c(C)c1. The Bertz CT molecular complexity index is 788. The highest BCUT2D eigenvalue weighted by Gasteiger charge is 2.16. The van der Waals surface area contributed by atoms with Crippen LogP contribution < -0.4 is 5.32 Å². The first kappa shape index (κ1) is 14.3. The minimum Gasteiger partial charge on any atom is -0.385 e. The van der Waals surface area contributed by atoms with Gasteiger partial charge in [0.25, 0.3) is 0 Å². The van der Waals surface area contributed by atoms with E-state index in [9.17, 15) is 4.79 Å². The smallest absolute Gasteiger partial charge is 0.186 e. The molecule has 110 valence electrons. The van der Waals surface area contributed by atoms with Crippen molar-refractivity contribution in [1.82, 2.24) is 0 Å². The molecule has 0 bridgehead atoms. The van der Waals surface area contributed by atoms with E-state index >= 15 is 0 Å². The molecule has 2 aromatic carbocycles. The lowest BCUT2D eigenvalue weighted by atomic mass is 9.94. The molecule has 0 radical (unpaired) electrons. The predicted octanol–water partition coefficient (Wildman–Crippen LogP) is 4.30. The number of ketones is 1. The molecule has 0 saturated carbocycles. The number of aryl methyl sites for hydroxylation is 1. The van der Waals surface area contributed by atoms with Gasteiger partial charge in [-0.15, -0.1) is 0 Å². The van der Waals surface area contributed by atoms with E-state index in [1.165, 1.54) is 0 Å². The predicted molar refractivity (Wildman–Crippen MR) is 91.5 cm³/mol. The van der Waals surface area contributed by atoms with E-state index < -0.39 is 0 Å². The monoisotopic (exact) mass is 290 g/mol. The van der Waals surface area contributed by atoms with Gasteiger partial charge in [0.1, 0.15) is 0 Å². The minimum atomic E-state index is 0.0359. The van der Waals surface area contributed by atoms with Crippen molar-refractivity contribution in [2.75, 3.05) is 11.9 Å². The Labute approximate surface area is 130 Å². The van der Waals surface area contributed by atoms with Gasteiger partial charge in [-0.3, -0.25) is 4.79 Å². The van der Waals surface area contributed by atoms with E-state index in [4.69, 9.17) is 4.99 Å². The summed E-state index contributed by atoms with van der Waals surface area (Å²) < 4.78 is 0. The van der Waals surface area contributed by atoms with Gasteiger partial charge < -0.3 is 5.32 Å². The van der Waals surface area contributed by atoms with Crippen molar-refractivity contribution in [1.29, 1.82) is 0 Å². The van der Waals surface area contributed by atoms with Crippen LogP contribution in [-0.4, -0.2) is 18.0 Å². The molecule has 1 aliphatic rings. The molecule has 0 spiro atoms. The summed E-state index contributed by atoms with van der Waals surface area (Å²) in [4.78, 5) is 16.7. The van der Waals surface area contributed by atoms with Crippen molar-refractivity contribution < 1.29 is 4.79 Å². The molecule has 0 atom stereocenters. The van der Waals surface area contributed by atoms with Gasteiger partial charge in [-0.25, -0.2) is 4.99 Å². The van der Waals surface area contributed by atoms with Crippen LogP contribution in [0.3, 0.4) is 0 Å². The van der Waals surface area contributed by atoms with Crippen LogP contribution in [0.25, 0.3) is 0 Å². The zero-order chi connectivity index (χ0) is 15.5. The van der Waals surface area contributed by atoms with E-state index in [1.54, 1.807) is 12.2 Å². The van der Waals surface area contributed by atoms with Gasteiger partial charge in [-0.05, 0) is 49.8 Å². The molecule has 0 unspecified atom stereocenters. The summed E-state index contributed by atoms with van der Waals surface area (Å²) in [5.74, 6) is 0.0359. The Morgan fingerprint density at radius 2 is 1.82 bits per heavy atom. The molecule has 3 heteroatoms. The molecule has 0 saturated heterocycles. The topological polar surface area (TPSA) is 41.5 Å². The van der Waals surface area contributed by atoms with Crippen LogP contribution in [0.1, 0.15) is 28.4 Å². The van der Waals surface area contributed by atoms with Crippen LogP contribution in [0.4, 0.5) is 11.4 Å². The number of allylic oxidation sites excluding steroid dienone is 2. The van der Waals surface area contributed by atoms with Crippen LogP contribution in [-0.2, 0) is 0 Å². The second-order valence-electron chi connectivity index (χ2n) is 5.27. The largest absolute Gasteiger partial charge is 0.385 e. The van der Waals surface area contributed by atoms with E-state index in [2.05, 4.69) is 18.3 Å². The number of nitrogens with zero attached hydrogens (tertiary/aromatic N) is 1. The molecule has 3 nitrogen and oxygen atoms in total. The highest BCUT2D eigenvalue weighted by molar-refractivity contribution is 6.24. The van der Waals surface area contributed by atoms with Crippen LogP contribution in [0.5, 0.6) is 0 Å². The first-order chi connectivity index (χ1) is 10.7. The molecule has 2 aromatic rings. The summed E-state index contributed by atoms with van der Waals surface area (Å²) in [7, 11) is 0. The van der Waals surface area contributed by atoms with Crippen LogP contribution in [0.2, 0.25) is 0 Å². The quantitative estimate of drug-likeness (QED) is 0.915. The van der Waals surface area contributed by atoms with Crippen LogP contribution >= 0.6 is 0 Å². The number of rotatable bonds is 3. The van der Waals surface area contributed by atoms with Gasteiger partial charge in [0.05, 0.1) is 11.4 Å². The van der Waals surface area contributed by atoms with Gasteiger partial charge in [0, 0.05) is 23.4 Å². The molecular weight excluding hydrogens is 272 g/mol. The molecule has 0 heterocycles. The molecule has 0 aromatic heterocycles. The van der Waals surface area contributed by atoms with Gasteiger partial charge in [-0.2, -0.15) is 0 Å². The van der Waals surface area contributed by atoms with E-state index in [-0.39, 0.29) is 5.78 Å². The first-order valence-corrected chi connectivity index (χ1v) is 7.44. The maximum atomic E-state index is 11.9. The normalized spacial score (nSPS) is 15.0. The van der Waals surface area contributed by atoms with Gasteiger partial charge in [0.2, 0.25) is 0 Å². The lowest BCUT2D eigenvalue weighted by molar-refractivity contribution is 0.104. The maximum Gasteiger partial charge on any atom is 0.186 e. The number of carbonyl (C=O) groups is 1. The second kappa shape index (κ2) is 5.98. The van der Waals surface area contributed by atoms with Gasteiger partial charge >= 0.3 is 0 Å². The molecule has 3 rings (SSSR count). The van der Waals surface area contributed by atoms with Crippen LogP contribution in [0.15, 0.2) is 59.6 Å². The number of fused-ring (bicyclic) bond motifs is 1. The third-order valence-electron chi connectivity index (χ3n) is 3.68. The summed E-state index contributed by atoms with van der Waals surface area (Å²) in [5.41, 5.74) is 5.56. The number of benzene rings is 2. The fraction of sp³-hybridized carbons (Fsp3) is 0.158. The highest BCUT2D eigenvalue weighted by atomic mass is 16.1. The number of anilines is 1. The maximum absolute atomic E-state index is 11.9. The molecule has 1 N–H and O–H groups in total. The number of aliphatic imine (C=N–C) groups is 1. The molecular formula is C19H18N2O. The number of carbonyl (C=O) groups excluding carboxylic acids is 1. The van der Waals surface area contributed by atoms with Crippen molar-refractivity contribution in [3.63, 3.8) is 0 Å². The standard InChI is InChI=1S/C19H18N2O/c1-3-20-14-8-9-17(13(2)12-14)21-18-10-11-19(22)16-7-5-4-6-15(16)18/h4-12,20H,3H2,1-2H3. The molecule has 0 amide bonds. The summed E-state index contributed by atoms with van der Waals surface area (Å²) in [6.45, 7) is 5.01. The number of hydrogen-bond donors (Lipinski definition) is 1.